The first kappa shape index (κ1) is 16.9. The van der Waals surface area contributed by atoms with Crippen molar-refractivity contribution in [2.24, 2.45) is 0 Å². The minimum absolute atomic E-state index is 0.0404. The van der Waals surface area contributed by atoms with Gasteiger partial charge in [0.2, 0.25) is 0 Å². The molecule has 2 aromatic rings. The number of carbonyl (C=O) groups excluding carboxylic acids is 1. The van der Waals surface area contributed by atoms with Crippen molar-refractivity contribution in [1.82, 2.24) is 0 Å². The molecule has 24 heavy (non-hydrogen) atoms. The van der Waals surface area contributed by atoms with Crippen LogP contribution in [0.5, 0.6) is 11.5 Å². The van der Waals surface area contributed by atoms with Crippen molar-refractivity contribution in [3.63, 3.8) is 0 Å². The third-order valence-corrected chi connectivity index (χ3v) is 3.29. The molecule has 122 valence electrons. The van der Waals surface area contributed by atoms with Gasteiger partial charge in [-0.3, -0.25) is 4.79 Å². The van der Waals surface area contributed by atoms with E-state index in [0.717, 1.165) is 5.69 Å². The SMILES string of the molecule is COc1ccc(NC(=O)/C(C#N)=C\N(C)c2ccc(O)cc2)cc1. The lowest BCUT2D eigenvalue weighted by molar-refractivity contribution is -0.112. The maximum atomic E-state index is 12.2. The number of aromatic hydroxyl groups is 1. The zero-order chi connectivity index (χ0) is 17.5. The van der Waals surface area contributed by atoms with Gasteiger partial charge in [0, 0.05) is 24.6 Å². The second-order valence-electron chi connectivity index (χ2n) is 4.96. The number of benzene rings is 2. The summed E-state index contributed by atoms with van der Waals surface area (Å²) in [6, 6.07) is 15.1. The first-order chi connectivity index (χ1) is 11.5. The molecule has 6 heteroatoms. The van der Waals surface area contributed by atoms with Crippen molar-refractivity contribution in [3.8, 4) is 17.6 Å². The monoisotopic (exact) mass is 323 g/mol. The number of methoxy groups -OCH3 is 1. The van der Waals surface area contributed by atoms with E-state index >= 15 is 0 Å². The summed E-state index contributed by atoms with van der Waals surface area (Å²) in [6.07, 6.45) is 1.44. The number of hydrogen-bond acceptors (Lipinski definition) is 5. The number of nitriles is 1. The fourth-order valence-corrected chi connectivity index (χ4v) is 1.97. The molecule has 0 radical (unpaired) electrons. The average molecular weight is 323 g/mol. The van der Waals surface area contributed by atoms with Gasteiger partial charge < -0.3 is 20.1 Å². The van der Waals surface area contributed by atoms with Crippen LogP contribution in [-0.4, -0.2) is 25.2 Å². The third-order valence-electron chi connectivity index (χ3n) is 3.29. The van der Waals surface area contributed by atoms with Gasteiger partial charge in [-0.05, 0) is 48.5 Å². The number of ether oxygens (including phenoxy) is 1. The van der Waals surface area contributed by atoms with Crippen molar-refractivity contribution < 1.29 is 14.6 Å². The van der Waals surface area contributed by atoms with Crippen LogP contribution in [0.1, 0.15) is 0 Å². The molecule has 0 aromatic heterocycles. The molecule has 0 fully saturated rings. The summed E-state index contributed by atoms with van der Waals surface area (Å²) in [5, 5.41) is 21.2. The van der Waals surface area contributed by atoms with Gasteiger partial charge in [0.25, 0.3) is 5.91 Å². The lowest BCUT2D eigenvalue weighted by Gasteiger charge is -2.15. The summed E-state index contributed by atoms with van der Waals surface area (Å²) in [5.41, 5.74) is 1.26. The molecule has 0 heterocycles. The van der Waals surface area contributed by atoms with Crippen LogP contribution in [-0.2, 0) is 4.79 Å². The van der Waals surface area contributed by atoms with Crippen LogP contribution in [0.15, 0.2) is 60.3 Å². The quantitative estimate of drug-likeness (QED) is 0.653. The number of nitrogens with zero attached hydrogens (tertiary/aromatic N) is 2. The maximum Gasteiger partial charge on any atom is 0.267 e. The number of amides is 1. The standard InChI is InChI=1S/C18H17N3O3/c1-21(15-5-7-16(22)8-6-15)12-13(11-19)18(23)20-14-3-9-17(24-2)10-4-14/h3-10,12,22H,1-2H3,(H,20,23)/b13-12-. The topological polar surface area (TPSA) is 85.6 Å². The summed E-state index contributed by atoms with van der Waals surface area (Å²) < 4.78 is 5.05. The number of hydrogen-bond donors (Lipinski definition) is 2. The van der Waals surface area contributed by atoms with E-state index < -0.39 is 5.91 Å². The molecule has 2 rings (SSSR count). The molecule has 2 aromatic carbocycles. The van der Waals surface area contributed by atoms with Crippen molar-refractivity contribution in [2.75, 3.05) is 24.4 Å². The Bertz CT molecular complexity index is 775. The normalized spacial score (nSPS) is 10.6. The predicted octanol–water partition coefficient (Wildman–Crippen LogP) is 2.88. The van der Waals surface area contributed by atoms with Crippen LogP contribution in [0.2, 0.25) is 0 Å². The first-order valence-electron chi connectivity index (χ1n) is 7.12. The van der Waals surface area contributed by atoms with Crippen LogP contribution < -0.4 is 15.0 Å². The molecular weight excluding hydrogens is 306 g/mol. The molecule has 0 aliphatic carbocycles. The molecule has 0 saturated carbocycles. The molecule has 0 bridgehead atoms. The molecular formula is C18H17N3O3. The molecule has 0 aliphatic rings. The van der Waals surface area contributed by atoms with E-state index in [9.17, 15) is 15.2 Å². The highest BCUT2D eigenvalue weighted by Crippen LogP contribution is 2.19. The van der Waals surface area contributed by atoms with Gasteiger partial charge in [0.1, 0.15) is 23.1 Å². The van der Waals surface area contributed by atoms with Gasteiger partial charge in [-0.2, -0.15) is 5.26 Å². The van der Waals surface area contributed by atoms with Gasteiger partial charge in [-0.15, -0.1) is 0 Å². The lowest BCUT2D eigenvalue weighted by Crippen LogP contribution is -2.17. The zero-order valence-corrected chi connectivity index (χ0v) is 13.4. The largest absolute Gasteiger partial charge is 0.508 e. The van der Waals surface area contributed by atoms with Crippen molar-refractivity contribution in [3.05, 3.63) is 60.3 Å². The second kappa shape index (κ2) is 7.70. The van der Waals surface area contributed by atoms with Crippen LogP contribution in [0.3, 0.4) is 0 Å². The highest BCUT2D eigenvalue weighted by molar-refractivity contribution is 6.06. The Hall–Kier alpha value is -3.46. The Balaban J connectivity index is 2.12. The van der Waals surface area contributed by atoms with Crippen molar-refractivity contribution in [1.29, 1.82) is 5.26 Å². The van der Waals surface area contributed by atoms with E-state index in [4.69, 9.17) is 4.74 Å². The number of rotatable bonds is 5. The van der Waals surface area contributed by atoms with Gasteiger partial charge in [0.15, 0.2) is 0 Å². The Labute approximate surface area is 140 Å². The predicted molar refractivity (Wildman–Crippen MR) is 91.8 cm³/mol. The zero-order valence-electron chi connectivity index (χ0n) is 13.4. The Morgan fingerprint density at radius 3 is 2.38 bits per heavy atom. The summed E-state index contributed by atoms with van der Waals surface area (Å²) >= 11 is 0. The third kappa shape index (κ3) is 4.27. The van der Waals surface area contributed by atoms with E-state index in [1.807, 2.05) is 6.07 Å². The highest BCUT2D eigenvalue weighted by atomic mass is 16.5. The summed E-state index contributed by atoms with van der Waals surface area (Å²) in [4.78, 5) is 13.8. The Morgan fingerprint density at radius 2 is 1.83 bits per heavy atom. The molecule has 2 N–H and O–H groups in total. The summed E-state index contributed by atoms with van der Waals surface area (Å²) in [5.74, 6) is 0.318. The van der Waals surface area contributed by atoms with Crippen LogP contribution in [0.4, 0.5) is 11.4 Å². The van der Waals surface area contributed by atoms with Gasteiger partial charge in [-0.1, -0.05) is 0 Å². The maximum absolute atomic E-state index is 12.2. The minimum Gasteiger partial charge on any atom is -0.508 e. The van der Waals surface area contributed by atoms with Crippen molar-refractivity contribution >= 4 is 17.3 Å². The molecule has 6 nitrogen and oxygen atoms in total. The highest BCUT2D eigenvalue weighted by Gasteiger charge is 2.11. The van der Waals surface area contributed by atoms with Crippen LogP contribution >= 0.6 is 0 Å². The second-order valence-corrected chi connectivity index (χ2v) is 4.96. The van der Waals surface area contributed by atoms with Gasteiger partial charge in [-0.25, -0.2) is 0 Å². The van der Waals surface area contributed by atoms with Crippen molar-refractivity contribution in [2.45, 2.75) is 0 Å². The lowest BCUT2D eigenvalue weighted by atomic mass is 10.2. The van der Waals surface area contributed by atoms with E-state index in [0.29, 0.717) is 11.4 Å². The number of phenols is 1. The fraction of sp³-hybridized carbons (Fsp3) is 0.111. The van der Waals surface area contributed by atoms with E-state index in [1.54, 1.807) is 55.5 Å². The molecule has 0 aliphatic heterocycles. The minimum atomic E-state index is -0.506. The number of anilines is 2. The van der Waals surface area contributed by atoms with Crippen LogP contribution in [0.25, 0.3) is 0 Å². The molecule has 0 spiro atoms. The summed E-state index contributed by atoms with van der Waals surface area (Å²) in [7, 11) is 3.27. The summed E-state index contributed by atoms with van der Waals surface area (Å²) in [6.45, 7) is 0. The number of carbonyl (C=O) groups is 1. The number of nitrogens with one attached hydrogen (secondary N) is 1. The number of phenolic OH excluding ortho intramolecular Hbond substituents is 1. The van der Waals surface area contributed by atoms with Gasteiger partial charge >= 0.3 is 0 Å². The molecule has 0 atom stereocenters. The van der Waals surface area contributed by atoms with E-state index in [2.05, 4.69) is 5.32 Å². The average Bonchev–Trinajstić information content (AvgIpc) is 2.60. The van der Waals surface area contributed by atoms with Gasteiger partial charge in [0.05, 0.1) is 7.11 Å². The smallest absolute Gasteiger partial charge is 0.267 e. The molecule has 0 saturated heterocycles. The van der Waals surface area contributed by atoms with E-state index in [-0.39, 0.29) is 11.3 Å². The molecule has 0 unspecified atom stereocenters. The van der Waals surface area contributed by atoms with Crippen LogP contribution in [0, 0.1) is 11.3 Å². The molecule has 1 amide bonds. The first-order valence-corrected chi connectivity index (χ1v) is 7.12. The fourth-order valence-electron chi connectivity index (χ4n) is 1.97. The Kier molecular flexibility index (Phi) is 5.42. The Morgan fingerprint density at radius 1 is 1.21 bits per heavy atom. The van der Waals surface area contributed by atoms with E-state index in [1.165, 1.54) is 18.3 Å².